The zero-order valence-corrected chi connectivity index (χ0v) is 20.2. The van der Waals surface area contributed by atoms with Crippen LogP contribution in [0.15, 0.2) is 0 Å². The van der Waals surface area contributed by atoms with Crippen molar-refractivity contribution in [2.75, 3.05) is 52.2 Å². The Morgan fingerprint density at radius 1 is 0.935 bits per heavy atom. The van der Waals surface area contributed by atoms with E-state index in [-0.39, 0.29) is 52.2 Å². The summed E-state index contributed by atoms with van der Waals surface area (Å²) in [5.74, 6) is -0.450. The third-order valence-electron chi connectivity index (χ3n) is 4.16. The third-order valence-corrected chi connectivity index (χ3v) is 6.28. The van der Waals surface area contributed by atoms with Gasteiger partial charge in [-0.1, -0.05) is 0 Å². The standard InChI is InChI=1S/C19H36N3O8P/c1-7-27-18(25)22-12-10-21(11-13-22)16(23)15(20-17(24)30-19(4,5)6)14-31(26,28-8-2)29-9-3/h15H,7-14H2,1-6H3,(H,20,24). The molecule has 1 aliphatic rings. The van der Waals surface area contributed by atoms with Gasteiger partial charge in [0.25, 0.3) is 0 Å². The Morgan fingerprint density at radius 2 is 1.45 bits per heavy atom. The number of nitrogens with zero attached hydrogens (tertiary/aromatic N) is 2. The summed E-state index contributed by atoms with van der Waals surface area (Å²) in [6.07, 6.45) is -1.57. The number of carbonyl (C=O) groups excluding carboxylic acids is 3. The molecule has 1 unspecified atom stereocenters. The molecule has 31 heavy (non-hydrogen) atoms. The summed E-state index contributed by atoms with van der Waals surface area (Å²) >= 11 is 0. The summed E-state index contributed by atoms with van der Waals surface area (Å²) in [5.41, 5.74) is -0.771. The van der Waals surface area contributed by atoms with E-state index in [4.69, 9.17) is 18.5 Å². The van der Waals surface area contributed by atoms with Gasteiger partial charge < -0.3 is 33.6 Å². The number of carbonyl (C=O) groups is 3. The van der Waals surface area contributed by atoms with Gasteiger partial charge in [0.15, 0.2) is 0 Å². The fourth-order valence-electron chi connectivity index (χ4n) is 2.94. The van der Waals surface area contributed by atoms with E-state index in [1.165, 1.54) is 9.80 Å². The van der Waals surface area contributed by atoms with Gasteiger partial charge in [0.1, 0.15) is 11.6 Å². The van der Waals surface area contributed by atoms with Gasteiger partial charge in [-0.2, -0.15) is 0 Å². The monoisotopic (exact) mass is 465 g/mol. The molecule has 1 atom stereocenters. The molecule has 3 amide bonds. The minimum atomic E-state index is -3.63. The van der Waals surface area contributed by atoms with E-state index in [0.29, 0.717) is 0 Å². The van der Waals surface area contributed by atoms with Crippen LogP contribution in [-0.4, -0.2) is 91.7 Å². The molecule has 0 aromatic heterocycles. The van der Waals surface area contributed by atoms with Crippen molar-refractivity contribution in [1.82, 2.24) is 15.1 Å². The molecule has 180 valence electrons. The number of alkyl carbamates (subject to hydrolysis) is 1. The van der Waals surface area contributed by atoms with Crippen molar-refractivity contribution in [1.29, 1.82) is 0 Å². The molecule has 11 nitrogen and oxygen atoms in total. The van der Waals surface area contributed by atoms with E-state index in [2.05, 4.69) is 5.32 Å². The van der Waals surface area contributed by atoms with E-state index in [1.54, 1.807) is 41.5 Å². The normalized spacial score (nSPS) is 15.9. The van der Waals surface area contributed by atoms with Crippen LogP contribution in [0.1, 0.15) is 41.5 Å². The van der Waals surface area contributed by atoms with Gasteiger partial charge in [0, 0.05) is 26.2 Å². The van der Waals surface area contributed by atoms with Crippen LogP contribution in [0.3, 0.4) is 0 Å². The first-order chi connectivity index (χ1) is 14.4. The first-order valence-electron chi connectivity index (χ1n) is 10.5. The SMILES string of the molecule is CCOC(=O)N1CCN(C(=O)C(CP(=O)(OCC)OCC)NC(=O)OC(C)(C)C)CC1. The number of nitrogens with one attached hydrogen (secondary N) is 1. The largest absolute Gasteiger partial charge is 0.450 e. The molecule has 1 rings (SSSR count). The molecule has 12 heteroatoms. The van der Waals surface area contributed by atoms with E-state index < -0.39 is 37.3 Å². The van der Waals surface area contributed by atoms with E-state index in [1.807, 2.05) is 0 Å². The fourth-order valence-corrected chi connectivity index (χ4v) is 4.71. The highest BCUT2D eigenvalue weighted by atomic mass is 31.2. The second kappa shape index (κ2) is 12.3. The summed E-state index contributed by atoms with van der Waals surface area (Å²) in [4.78, 5) is 40.4. The Labute approximate surface area is 184 Å². The number of piperazine rings is 1. The Balaban J connectivity index is 2.94. The van der Waals surface area contributed by atoms with Gasteiger partial charge in [-0.15, -0.1) is 0 Å². The van der Waals surface area contributed by atoms with Crippen molar-refractivity contribution in [2.24, 2.45) is 0 Å². The molecular weight excluding hydrogens is 429 g/mol. The predicted octanol–water partition coefficient (Wildman–Crippen LogP) is 2.45. The topological polar surface area (TPSA) is 124 Å². The first kappa shape index (κ1) is 27.2. The van der Waals surface area contributed by atoms with Crippen LogP contribution >= 0.6 is 7.60 Å². The molecule has 0 spiro atoms. The summed E-state index contributed by atoms with van der Waals surface area (Å²) in [6, 6.07) is -1.17. The molecule has 0 bridgehead atoms. The van der Waals surface area contributed by atoms with Crippen LogP contribution in [0.2, 0.25) is 0 Å². The maximum absolute atomic E-state index is 13.2. The van der Waals surface area contributed by atoms with Gasteiger partial charge in [-0.05, 0) is 41.5 Å². The van der Waals surface area contributed by atoms with E-state index >= 15 is 0 Å². The maximum atomic E-state index is 13.2. The highest BCUT2D eigenvalue weighted by Crippen LogP contribution is 2.48. The molecule has 0 saturated carbocycles. The Bertz CT molecular complexity index is 649. The van der Waals surface area contributed by atoms with Gasteiger partial charge in [0.05, 0.1) is 26.0 Å². The van der Waals surface area contributed by atoms with Gasteiger partial charge in [-0.25, -0.2) is 9.59 Å². The van der Waals surface area contributed by atoms with Crippen molar-refractivity contribution >= 4 is 25.7 Å². The molecule has 0 aromatic carbocycles. The number of hydrogen-bond donors (Lipinski definition) is 1. The average Bonchev–Trinajstić information content (AvgIpc) is 2.66. The Morgan fingerprint density at radius 3 is 1.90 bits per heavy atom. The minimum Gasteiger partial charge on any atom is -0.450 e. The second-order valence-electron chi connectivity index (χ2n) is 7.84. The highest BCUT2D eigenvalue weighted by Gasteiger charge is 2.37. The number of ether oxygens (including phenoxy) is 2. The van der Waals surface area contributed by atoms with E-state index in [0.717, 1.165) is 0 Å². The van der Waals surface area contributed by atoms with E-state index in [9.17, 15) is 18.9 Å². The Hall–Kier alpha value is -1.84. The van der Waals surface area contributed by atoms with Gasteiger partial charge in [-0.3, -0.25) is 9.36 Å². The second-order valence-corrected chi connectivity index (χ2v) is 9.94. The molecule has 1 fully saturated rings. The molecule has 1 aliphatic heterocycles. The van der Waals surface area contributed by atoms with Crippen molar-refractivity contribution in [2.45, 2.75) is 53.2 Å². The van der Waals surface area contributed by atoms with Crippen LogP contribution in [-0.2, 0) is 27.9 Å². The van der Waals surface area contributed by atoms with Gasteiger partial charge in [0.2, 0.25) is 5.91 Å². The van der Waals surface area contributed by atoms with Crippen LogP contribution in [0.25, 0.3) is 0 Å². The summed E-state index contributed by atoms with van der Waals surface area (Å²) in [5, 5.41) is 2.51. The summed E-state index contributed by atoms with van der Waals surface area (Å²) in [6.45, 7) is 11.7. The minimum absolute atomic E-state index is 0.128. The third kappa shape index (κ3) is 9.45. The van der Waals surface area contributed by atoms with Crippen molar-refractivity contribution in [3.63, 3.8) is 0 Å². The maximum Gasteiger partial charge on any atom is 0.409 e. The number of rotatable bonds is 9. The van der Waals surface area contributed by atoms with Crippen LogP contribution in [0.4, 0.5) is 9.59 Å². The zero-order chi connectivity index (χ0) is 23.7. The van der Waals surface area contributed by atoms with Crippen molar-refractivity contribution in [3.05, 3.63) is 0 Å². The molecular formula is C19H36N3O8P. The lowest BCUT2D eigenvalue weighted by molar-refractivity contribution is -0.134. The number of amides is 3. The quantitative estimate of drug-likeness (QED) is 0.515. The molecule has 0 radical (unpaired) electrons. The van der Waals surface area contributed by atoms with Crippen LogP contribution in [0, 0.1) is 0 Å². The molecule has 1 saturated heterocycles. The zero-order valence-electron chi connectivity index (χ0n) is 19.3. The smallest absolute Gasteiger partial charge is 0.409 e. The lowest BCUT2D eigenvalue weighted by Gasteiger charge is -2.36. The molecule has 1 N–H and O–H groups in total. The predicted molar refractivity (Wildman–Crippen MR) is 114 cm³/mol. The molecule has 0 aliphatic carbocycles. The van der Waals surface area contributed by atoms with Crippen LogP contribution in [0.5, 0.6) is 0 Å². The first-order valence-corrected chi connectivity index (χ1v) is 12.3. The molecule has 1 heterocycles. The number of hydrogen-bond acceptors (Lipinski definition) is 8. The highest BCUT2D eigenvalue weighted by molar-refractivity contribution is 7.54. The van der Waals surface area contributed by atoms with Crippen LogP contribution < -0.4 is 5.32 Å². The van der Waals surface area contributed by atoms with Crippen molar-refractivity contribution in [3.8, 4) is 0 Å². The summed E-state index contributed by atoms with van der Waals surface area (Å²) in [7, 11) is -3.63. The lowest BCUT2D eigenvalue weighted by atomic mass is 10.2. The summed E-state index contributed by atoms with van der Waals surface area (Å²) < 4.78 is 33.8. The Kier molecular flexibility index (Phi) is 10.8. The fraction of sp³-hybridized carbons (Fsp3) is 0.842. The lowest BCUT2D eigenvalue weighted by Crippen LogP contribution is -2.57. The van der Waals surface area contributed by atoms with Gasteiger partial charge >= 0.3 is 19.8 Å². The van der Waals surface area contributed by atoms with Crippen molar-refractivity contribution < 1.29 is 37.5 Å². The molecule has 0 aromatic rings. The average molecular weight is 465 g/mol.